The lowest BCUT2D eigenvalue weighted by Gasteiger charge is -2.08. The summed E-state index contributed by atoms with van der Waals surface area (Å²) in [6, 6.07) is 10.6. The van der Waals surface area contributed by atoms with Gasteiger partial charge < -0.3 is 9.15 Å². The molecule has 0 aliphatic carbocycles. The van der Waals surface area contributed by atoms with Crippen LogP contribution in [0.4, 0.5) is 5.69 Å². The first-order valence-electron chi connectivity index (χ1n) is 9.30. The largest absolute Gasteiger partial charge is 0.462 e. The van der Waals surface area contributed by atoms with E-state index in [-0.39, 0.29) is 4.90 Å². The molecule has 0 bridgehead atoms. The number of aryl methyl sites for hydroxylation is 1. The van der Waals surface area contributed by atoms with Crippen LogP contribution in [0, 0.1) is 6.92 Å². The van der Waals surface area contributed by atoms with E-state index in [4.69, 9.17) is 20.8 Å². The van der Waals surface area contributed by atoms with E-state index in [0.717, 1.165) is 19.3 Å². The van der Waals surface area contributed by atoms with Crippen molar-refractivity contribution in [3.63, 3.8) is 0 Å². The molecule has 0 unspecified atom stereocenters. The highest BCUT2D eigenvalue weighted by Gasteiger charge is 2.21. The van der Waals surface area contributed by atoms with Gasteiger partial charge in [0.15, 0.2) is 0 Å². The van der Waals surface area contributed by atoms with Gasteiger partial charge in [0, 0.05) is 16.1 Å². The predicted molar refractivity (Wildman–Crippen MR) is 113 cm³/mol. The molecule has 0 saturated carbocycles. The molecule has 0 saturated heterocycles. The number of hydrogen-bond acceptors (Lipinski definition) is 5. The van der Waals surface area contributed by atoms with Crippen LogP contribution in [0.15, 0.2) is 51.8 Å². The molecule has 0 aliphatic rings. The average Bonchev–Trinajstić information content (AvgIpc) is 3.00. The van der Waals surface area contributed by atoms with E-state index < -0.39 is 16.0 Å². The van der Waals surface area contributed by atoms with Crippen molar-refractivity contribution in [1.29, 1.82) is 0 Å². The Bertz CT molecular complexity index is 1120. The number of nitrogens with one attached hydrogen (secondary N) is 1. The Morgan fingerprint density at radius 3 is 2.55 bits per heavy atom. The molecule has 1 heterocycles. The Hall–Kier alpha value is -2.51. The molecule has 29 heavy (non-hydrogen) atoms. The summed E-state index contributed by atoms with van der Waals surface area (Å²) in [5.41, 5.74) is 1.11. The number of rotatable bonds is 8. The van der Waals surface area contributed by atoms with E-state index in [9.17, 15) is 13.2 Å². The number of furan rings is 1. The summed E-state index contributed by atoms with van der Waals surface area (Å²) in [5, 5.41) is 0.945. The first-order chi connectivity index (χ1) is 13.8. The Morgan fingerprint density at radius 1 is 1.14 bits per heavy atom. The molecule has 0 amide bonds. The zero-order chi connectivity index (χ0) is 21.0. The van der Waals surface area contributed by atoms with Crippen molar-refractivity contribution in [2.45, 2.75) is 38.0 Å². The van der Waals surface area contributed by atoms with Gasteiger partial charge in [-0.05, 0) is 55.8 Å². The lowest BCUT2D eigenvalue weighted by Crippen LogP contribution is -2.13. The number of sulfonamides is 1. The zero-order valence-corrected chi connectivity index (χ0v) is 17.8. The van der Waals surface area contributed by atoms with Crippen molar-refractivity contribution >= 4 is 44.3 Å². The fourth-order valence-corrected chi connectivity index (χ4v) is 4.13. The number of halogens is 1. The van der Waals surface area contributed by atoms with Crippen LogP contribution >= 0.6 is 11.6 Å². The predicted octanol–water partition coefficient (Wildman–Crippen LogP) is 5.54. The maximum atomic E-state index is 12.6. The van der Waals surface area contributed by atoms with Crippen LogP contribution in [-0.2, 0) is 14.8 Å². The first-order valence-corrected chi connectivity index (χ1v) is 11.2. The van der Waals surface area contributed by atoms with E-state index in [1.54, 1.807) is 25.1 Å². The van der Waals surface area contributed by atoms with Gasteiger partial charge >= 0.3 is 5.97 Å². The number of hydrogen-bond donors (Lipinski definition) is 1. The van der Waals surface area contributed by atoms with Crippen LogP contribution in [-0.4, -0.2) is 21.0 Å². The number of benzene rings is 2. The van der Waals surface area contributed by atoms with Gasteiger partial charge in [-0.2, -0.15) is 0 Å². The minimum Gasteiger partial charge on any atom is -0.462 e. The van der Waals surface area contributed by atoms with Gasteiger partial charge in [-0.3, -0.25) is 4.72 Å². The quantitative estimate of drug-likeness (QED) is 0.370. The molecule has 0 aliphatic heterocycles. The fraction of sp³-hybridized carbons (Fsp3) is 0.286. The van der Waals surface area contributed by atoms with E-state index >= 15 is 0 Å². The highest BCUT2D eigenvalue weighted by atomic mass is 35.5. The molecule has 8 heteroatoms. The van der Waals surface area contributed by atoms with Gasteiger partial charge in [0.05, 0.1) is 11.5 Å². The summed E-state index contributed by atoms with van der Waals surface area (Å²) in [6.07, 6.45) is 2.81. The summed E-state index contributed by atoms with van der Waals surface area (Å²) in [7, 11) is -3.80. The fourth-order valence-electron chi connectivity index (χ4n) is 2.95. The zero-order valence-electron chi connectivity index (χ0n) is 16.2. The molecule has 0 radical (unpaired) electrons. The Kier molecular flexibility index (Phi) is 6.49. The molecule has 1 N–H and O–H groups in total. The molecule has 3 aromatic rings. The Morgan fingerprint density at radius 2 is 1.86 bits per heavy atom. The second-order valence-corrected chi connectivity index (χ2v) is 8.77. The van der Waals surface area contributed by atoms with Crippen molar-refractivity contribution in [3.8, 4) is 0 Å². The molecule has 154 valence electrons. The lowest BCUT2D eigenvalue weighted by atomic mass is 10.1. The second-order valence-electron chi connectivity index (χ2n) is 6.65. The van der Waals surface area contributed by atoms with E-state index in [2.05, 4.69) is 11.6 Å². The molecule has 3 rings (SSSR count). The number of carbonyl (C=O) groups is 1. The van der Waals surface area contributed by atoms with Crippen molar-refractivity contribution in [1.82, 2.24) is 0 Å². The Balaban J connectivity index is 1.87. The van der Waals surface area contributed by atoms with Crippen LogP contribution in [0.1, 0.15) is 42.3 Å². The summed E-state index contributed by atoms with van der Waals surface area (Å²) >= 11 is 5.82. The third-order valence-corrected chi connectivity index (χ3v) is 6.07. The van der Waals surface area contributed by atoms with E-state index in [1.807, 2.05) is 0 Å². The third-order valence-electron chi connectivity index (χ3n) is 4.43. The van der Waals surface area contributed by atoms with Crippen molar-refractivity contribution in [2.24, 2.45) is 0 Å². The molecular formula is C21H22ClNO5S. The SMILES string of the molecule is CCCCCOC(=O)c1c(C)oc2ccc(NS(=O)(=O)c3ccc(Cl)cc3)cc12. The minimum atomic E-state index is -3.80. The minimum absolute atomic E-state index is 0.0842. The van der Waals surface area contributed by atoms with Crippen LogP contribution in [0.25, 0.3) is 11.0 Å². The molecule has 0 fully saturated rings. The van der Waals surface area contributed by atoms with Crippen molar-refractivity contribution < 1.29 is 22.4 Å². The van der Waals surface area contributed by atoms with Crippen molar-refractivity contribution in [2.75, 3.05) is 11.3 Å². The average molecular weight is 436 g/mol. The number of unbranched alkanes of at least 4 members (excludes halogenated alkanes) is 2. The summed E-state index contributed by atoms with van der Waals surface area (Å²) < 4.78 is 38.7. The molecule has 0 spiro atoms. The standard InChI is InChI=1S/C21H22ClNO5S/c1-3-4-5-12-27-21(24)20-14(2)28-19-11-8-16(13-18(19)20)23-29(25,26)17-9-6-15(22)7-10-17/h6-11,13,23H,3-5,12H2,1-2H3. The highest BCUT2D eigenvalue weighted by molar-refractivity contribution is 7.92. The molecule has 6 nitrogen and oxygen atoms in total. The first kappa shape index (κ1) is 21.2. The second kappa shape index (κ2) is 8.88. The number of anilines is 1. The van der Waals surface area contributed by atoms with E-state index in [1.165, 1.54) is 24.3 Å². The summed E-state index contributed by atoms with van der Waals surface area (Å²) in [6.45, 7) is 4.09. The molecule has 0 atom stereocenters. The molecule has 2 aromatic carbocycles. The lowest BCUT2D eigenvalue weighted by molar-refractivity contribution is 0.0498. The summed E-state index contributed by atoms with van der Waals surface area (Å²) in [5.74, 6) is -0.0479. The van der Waals surface area contributed by atoms with Gasteiger partial charge in [-0.1, -0.05) is 31.4 Å². The summed E-state index contributed by atoms with van der Waals surface area (Å²) in [4.78, 5) is 12.6. The number of carbonyl (C=O) groups excluding carboxylic acids is 1. The smallest absolute Gasteiger partial charge is 0.342 e. The van der Waals surface area contributed by atoms with Crippen LogP contribution in [0.5, 0.6) is 0 Å². The van der Waals surface area contributed by atoms with Crippen LogP contribution in [0.2, 0.25) is 5.02 Å². The van der Waals surface area contributed by atoms with Gasteiger partial charge in [0.2, 0.25) is 0 Å². The molecule has 1 aromatic heterocycles. The number of esters is 1. The monoisotopic (exact) mass is 435 g/mol. The normalized spacial score (nSPS) is 11.6. The van der Waals surface area contributed by atoms with Crippen LogP contribution in [0.3, 0.4) is 0 Å². The number of fused-ring (bicyclic) bond motifs is 1. The topological polar surface area (TPSA) is 85.6 Å². The van der Waals surface area contributed by atoms with Gasteiger partial charge in [-0.15, -0.1) is 0 Å². The highest BCUT2D eigenvalue weighted by Crippen LogP contribution is 2.30. The number of ether oxygens (including phenoxy) is 1. The van der Waals surface area contributed by atoms with Gasteiger partial charge in [0.25, 0.3) is 10.0 Å². The van der Waals surface area contributed by atoms with Crippen molar-refractivity contribution in [3.05, 3.63) is 58.8 Å². The van der Waals surface area contributed by atoms with Gasteiger partial charge in [0.1, 0.15) is 16.9 Å². The van der Waals surface area contributed by atoms with Gasteiger partial charge in [-0.25, -0.2) is 13.2 Å². The maximum Gasteiger partial charge on any atom is 0.342 e. The Labute approximate surface area is 174 Å². The third kappa shape index (κ3) is 4.92. The van der Waals surface area contributed by atoms with E-state index in [0.29, 0.717) is 39.6 Å². The molecular weight excluding hydrogens is 414 g/mol. The maximum absolute atomic E-state index is 12.6. The van der Waals surface area contributed by atoms with Crippen LogP contribution < -0.4 is 4.72 Å².